The molecule has 3 nitrogen and oxygen atoms in total. The van der Waals surface area contributed by atoms with Gasteiger partial charge in [-0.05, 0) is 12.3 Å². The molecule has 0 aromatic heterocycles. The van der Waals surface area contributed by atoms with E-state index in [0.29, 0.717) is 0 Å². The Bertz CT molecular complexity index is 158. The molecule has 0 aliphatic carbocycles. The second-order valence-electron chi connectivity index (χ2n) is 3.44. The lowest BCUT2D eigenvalue weighted by Crippen LogP contribution is -2.42. The average molecular weight is 252 g/mol. The fourth-order valence-electron chi connectivity index (χ4n) is 0.860. The van der Waals surface area contributed by atoms with E-state index in [1.165, 1.54) is 0 Å². The quantitative estimate of drug-likeness (QED) is 0.724. The minimum Gasteiger partial charge on any atom is -0.394 e. The van der Waals surface area contributed by atoms with Crippen LogP contribution in [0.1, 0.15) is 27.2 Å². The topological polar surface area (TPSA) is 49.3 Å². The summed E-state index contributed by atoms with van der Waals surface area (Å²) in [4.78, 5) is 11.3. The van der Waals surface area contributed by atoms with Gasteiger partial charge in [0.15, 0.2) is 0 Å². The monoisotopic (exact) mass is 251 g/mol. The van der Waals surface area contributed by atoms with E-state index in [9.17, 15) is 4.79 Å². The average Bonchev–Trinajstić information content (AvgIpc) is 2.12. The Morgan fingerprint density at radius 1 is 1.54 bits per heavy atom. The number of amides is 1. The maximum absolute atomic E-state index is 11.4. The van der Waals surface area contributed by atoms with Crippen molar-refractivity contribution in [1.29, 1.82) is 0 Å². The van der Waals surface area contributed by atoms with Crippen molar-refractivity contribution in [2.24, 2.45) is 5.92 Å². The summed E-state index contributed by atoms with van der Waals surface area (Å²) < 4.78 is 0. The van der Waals surface area contributed by atoms with E-state index in [4.69, 9.17) is 5.11 Å². The molecule has 1 unspecified atom stereocenters. The van der Waals surface area contributed by atoms with Crippen LogP contribution in [0.4, 0.5) is 0 Å². The molecule has 0 aromatic rings. The number of nitrogens with one attached hydrogen (secondary N) is 1. The Morgan fingerprint density at radius 3 is 2.38 bits per heavy atom. The molecule has 0 rings (SSSR count). The molecule has 0 spiro atoms. The molecule has 0 bridgehead atoms. The summed E-state index contributed by atoms with van der Waals surface area (Å²) in [5.41, 5.74) is 0. The second-order valence-corrected chi connectivity index (χ2v) is 4.43. The first-order valence-corrected chi connectivity index (χ1v) is 5.49. The molecule has 78 valence electrons. The van der Waals surface area contributed by atoms with Crippen LogP contribution in [0.3, 0.4) is 0 Å². The van der Waals surface area contributed by atoms with Gasteiger partial charge in [-0.2, -0.15) is 0 Å². The predicted octanol–water partition coefficient (Wildman–Crippen LogP) is 1.29. The van der Waals surface area contributed by atoms with Crippen molar-refractivity contribution in [1.82, 2.24) is 5.32 Å². The molecular formula is C9H18BrNO2. The van der Waals surface area contributed by atoms with Gasteiger partial charge in [0.05, 0.1) is 17.5 Å². The zero-order chi connectivity index (χ0) is 10.4. The van der Waals surface area contributed by atoms with Gasteiger partial charge < -0.3 is 10.4 Å². The van der Waals surface area contributed by atoms with E-state index in [2.05, 4.69) is 21.2 Å². The van der Waals surface area contributed by atoms with Gasteiger partial charge >= 0.3 is 0 Å². The summed E-state index contributed by atoms with van der Waals surface area (Å²) in [5.74, 6) is 0.215. The van der Waals surface area contributed by atoms with Crippen LogP contribution < -0.4 is 5.32 Å². The number of aliphatic hydroxyl groups is 1. The third-order valence-electron chi connectivity index (χ3n) is 1.90. The number of hydrogen-bond donors (Lipinski definition) is 2. The number of rotatable bonds is 5. The molecule has 4 heteroatoms. The second kappa shape index (κ2) is 6.38. The lowest BCUT2D eigenvalue weighted by atomic mass is 10.1. The van der Waals surface area contributed by atoms with Crippen LogP contribution in [0, 0.1) is 5.92 Å². The van der Waals surface area contributed by atoms with Crippen molar-refractivity contribution in [2.45, 2.75) is 38.1 Å². The van der Waals surface area contributed by atoms with Gasteiger partial charge in [0.25, 0.3) is 0 Å². The largest absolute Gasteiger partial charge is 0.394 e. The van der Waals surface area contributed by atoms with E-state index in [0.717, 1.165) is 6.42 Å². The third-order valence-corrected chi connectivity index (χ3v) is 3.37. The van der Waals surface area contributed by atoms with Gasteiger partial charge in [0, 0.05) is 0 Å². The SMILES string of the molecule is CC[C@@H](CO)NC(=O)C(Br)C(C)C. The summed E-state index contributed by atoms with van der Waals surface area (Å²) in [7, 11) is 0. The first kappa shape index (κ1) is 12.9. The van der Waals surface area contributed by atoms with E-state index in [-0.39, 0.29) is 29.3 Å². The fraction of sp³-hybridized carbons (Fsp3) is 0.889. The van der Waals surface area contributed by atoms with E-state index in [1.54, 1.807) is 0 Å². The van der Waals surface area contributed by atoms with E-state index < -0.39 is 0 Å². The van der Waals surface area contributed by atoms with Gasteiger partial charge in [-0.3, -0.25) is 4.79 Å². The van der Waals surface area contributed by atoms with Gasteiger partial charge in [-0.1, -0.05) is 36.7 Å². The fourth-order valence-corrected chi connectivity index (χ4v) is 0.993. The minimum atomic E-state index is -0.173. The maximum Gasteiger partial charge on any atom is 0.234 e. The van der Waals surface area contributed by atoms with Crippen LogP contribution in [0.2, 0.25) is 0 Å². The molecule has 0 saturated carbocycles. The summed E-state index contributed by atoms with van der Waals surface area (Å²) in [5, 5.41) is 11.6. The highest BCUT2D eigenvalue weighted by molar-refractivity contribution is 9.10. The number of aliphatic hydroxyl groups excluding tert-OH is 1. The number of carbonyl (C=O) groups is 1. The molecule has 0 aliphatic rings. The van der Waals surface area contributed by atoms with Crippen LogP contribution in [-0.4, -0.2) is 28.5 Å². The van der Waals surface area contributed by atoms with Crippen molar-refractivity contribution in [2.75, 3.05) is 6.61 Å². The number of halogens is 1. The van der Waals surface area contributed by atoms with E-state index >= 15 is 0 Å². The van der Waals surface area contributed by atoms with Gasteiger partial charge in [-0.15, -0.1) is 0 Å². The Hall–Kier alpha value is -0.0900. The Labute approximate surface area is 88.0 Å². The van der Waals surface area contributed by atoms with Gasteiger partial charge in [-0.25, -0.2) is 0 Å². The highest BCUT2D eigenvalue weighted by Gasteiger charge is 2.20. The minimum absolute atomic E-state index is 0.0000548. The van der Waals surface area contributed by atoms with Crippen LogP contribution in [-0.2, 0) is 4.79 Å². The first-order chi connectivity index (χ1) is 6.02. The highest BCUT2D eigenvalue weighted by Crippen LogP contribution is 2.12. The van der Waals surface area contributed by atoms with Crippen molar-refractivity contribution >= 4 is 21.8 Å². The Balaban J connectivity index is 3.98. The predicted molar refractivity (Wildman–Crippen MR) is 56.9 cm³/mol. The molecule has 2 N–H and O–H groups in total. The van der Waals surface area contributed by atoms with Gasteiger partial charge in [0.2, 0.25) is 5.91 Å². The molecule has 0 fully saturated rings. The normalized spacial score (nSPS) is 15.5. The lowest BCUT2D eigenvalue weighted by Gasteiger charge is -2.18. The molecule has 0 heterocycles. The summed E-state index contributed by atoms with van der Waals surface area (Å²) in [6.07, 6.45) is 0.750. The van der Waals surface area contributed by atoms with Crippen molar-refractivity contribution in [3.63, 3.8) is 0 Å². The number of hydrogen-bond acceptors (Lipinski definition) is 2. The Morgan fingerprint density at radius 2 is 2.08 bits per heavy atom. The summed E-state index contributed by atoms with van der Waals surface area (Å²) in [6, 6.07) is -0.119. The zero-order valence-electron chi connectivity index (χ0n) is 8.38. The van der Waals surface area contributed by atoms with Crippen LogP contribution >= 0.6 is 15.9 Å². The Kier molecular flexibility index (Phi) is 6.33. The third kappa shape index (κ3) is 4.62. The first-order valence-electron chi connectivity index (χ1n) is 4.58. The maximum atomic E-state index is 11.4. The van der Waals surface area contributed by atoms with Crippen LogP contribution in [0.15, 0.2) is 0 Å². The molecular weight excluding hydrogens is 234 g/mol. The zero-order valence-corrected chi connectivity index (χ0v) is 9.97. The van der Waals surface area contributed by atoms with Crippen LogP contribution in [0.5, 0.6) is 0 Å². The highest BCUT2D eigenvalue weighted by atomic mass is 79.9. The van der Waals surface area contributed by atoms with Crippen molar-refractivity contribution in [3.05, 3.63) is 0 Å². The summed E-state index contributed by atoms with van der Waals surface area (Å²) >= 11 is 3.30. The standard InChI is InChI=1S/C9H18BrNO2/c1-4-7(5-12)11-9(13)8(10)6(2)3/h6-8,12H,4-5H2,1-3H3,(H,11,13)/t7-,8?/m0/s1. The van der Waals surface area contributed by atoms with Crippen molar-refractivity contribution < 1.29 is 9.90 Å². The summed E-state index contributed by atoms with van der Waals surface area (Å²) in [6.45, 7) is 5.87. The molecule has 13 heavy (non-hydrogen) atoms. The molecule has 1 amide bonds. The molecule has 0 aliphatic heterocycles. The molecule has 0 aromatic carbocycles. The van der Waals surface area contributed by atoms with Crippen molar-refractivity contribution in [3.8, 4) is 0 Å². The van der Waals surface area contributed by atoms with Gasteiger partial charge in [0.1, 0.15) is 0 Å². The molecule has 0 radical (unpaired) electrons. The number of carbonyl (C=O) groups excluding carboxylic acids is 1. The van der Waals surface area contributed by atoms with Crippen LogP contribution in [0.25, 0.3) is 0 Å². The lowest BCUT2D eigenvalue weighted by molar-refractivity contribution is -0.122. The smallest absolute Gasteiger partial charge is 0.234 e. The number of alkyl halides is 1. The molecule has 0 saturated heterocycles. The van der Waals surface area contributed by atoms with E-state index in [1.807, 2.05) is 20.8 Å². The molecule has 2 atom stereocenters.